The fourth-order valence-corrected chi connectivity index (χ4v) is 4.22. The molecule has 0 unspecified atom stereocenters. The van der Waals surface area contributed by atoms with E-state index in [4.69, 9.17) is 4.74 Å². The molecule has 0 spiro atoms. The second-order valence-electron chi connectivity index (χ2n) is 4.89. The number of hydrogen-bond donors (Lipinski definition) is 0. The van der Waals surface area contributed by atoms with Crippen molar-refractivity contribution in [3.05, 3.63) is 53.7 Å². The van der Waals surface area contributed by atoms with Crippen LogP contribution in [-0.4, -0.2) is 0 Å². The monoisotopic (exact) mass is 478 g/mol. The lowest BCUT2D eigenvalue weighted by Crippen LogP contribution is -1.96. The van der Waals surface area contributed by atoms with Crippen molar-refractivity contribution in [1.82, 2.24) is 0 Å². The fraction of sp³-hybridized carbons (Fsp3) is 0.250. The second-order valence-corrected chi connectivity index (χ2v) is 7.21. The molecule has 100 valence electrons. The summed E-state index contributed by atoms with van der Waals surface area (Å²) in [4.78, 5) is 0. The molecule has 1 nitrogen and oxygen atoms in total. The Bertz CT molecular complexity index is 531. The maximum atomic E-state index is 6.20. The van der Waals surface area contributed by atoms with Gasteiger partial charge in [0.25, 0.3) is 0 Å². The zero-order valence-electron chi connectivity index (χ0n) is 11.5. The number of benzene rings is 2. The number of halogens is 2. The Balaban J connectivity index is 2.48. The Morgan fingerprint density at radius 3 is 1.37 bits per heavy atom. The van der Waals surface area contributed by atoms with Crippen LogP contribution in [0.15, 0.2) is 24.3 Å². The summed E-state index contributed by atoms with van der Waals surface area (Å²) in [6, 6.07) is 8.63. The largest absolute Gasteiger partial charge is 0.455 e. The number of rotatable bonds is 2. The van der Waals surface area contributed by atoms with E-state index in [2.05, 4.69) is 97.1 Å². The van der Waals surface area contributed by atoms with Gasteiger partial charge in [-0.1, -0.05) is 12.1 Å². The molecule has 2 aromatic rings. The highest BCUT2D eigenvalue weighted by Crippen LogP contribution is 2.35. The molecule has 0 amide bonds. The summed E-state index contributed by atoms with van der Waals surface area (Å²) in [5.74, 6) is 1.94. The molecule has 0 radical (unpaired) electrons. The molecule has 0 aromatic heterocycles. The average Bonchev–Trinajstić information content (AvgIpc) is 2.25. The van der Waals surface area contributed by atoms with Crippen LogP contribution in [0.4, 0.5) is 0 Å². The molecular weight excluding hydrogens is 462 g/mol. The highest BCUT2D eigenvalue weighted by atomic mass is 127. The van der Waals surface area contributed by atoms with Crippen LogP contribution in [-0.2, 0) is 0 Å². The third-order valence-corrected chi connectivity index (χ3v) is 4.55. The van der Waals surface area contributed by atoms with E-state index in [0.29, 0.717) is 0 Å². The predicted octanol–water partition coefficient (Wildman–Crippen LogP) is 5.92. The number of aryl methyl sites for hydroxylation is 4. The Kier molecular flexibility index (Phi) is 4.76. The summed E-state index contributed by atoms with van der Waals surface area (Å²) in [6.07, 6.45) is 0. The normalized spacial score (nSPS) is 10.6. The summed E-state index contributed by atoms with van der Waals surface area (Å²) >= 11 is 4.68. The Labute approximate surface area is 142 Å². The molecule has 0 aliphatic rings. The highest BCUT2D eigenvalue weighted by Gasteiger charge is 2.12. The maximum Gasteiger partial charge on any atom is 0.143 e. The SMILES string of the molecule is Cc1cc(C)c(Oc2c(C)cc(C)cc2I)c(I)c1. The smallest absolute Gasteiger partial charge is 0.143 e. The van der Waals surface area contributed by atoms with E-state index in [1.807, 2.05) is 0 Å². The topological polar surface area (TPSA) is 9.23 Å². The van der Waals surface area contributed by atoms with Crippen molar-refractivity contribution < 1.29 is 4.74 Å². The van der Waals surface area contributed by atoms with Crippen molar-refractivity contribution in [2.75, 3.05) is 0 Å². The molecule has 0 fully saturated rings. The van der Waals surface area contributed by atoms with Crippen LogP contribution < -0.4 is 4.74 Å². The first kappa shape index (κ1) is 15.1. The van der Waals surface area contributed by atoms with Gasteiger partial charge in [-0.05, 0) is 107 Å². The van der Waals surface area contributed by atoms with Crippen LogP contribution in [0.2, 0.25) is 0 Å². The Morgan fingerprint density at radius 2 is 1.05 bits per heavy atom. The minimum atomic E-state index is 0.969. The summed E-state index contributed by atoms with van der Waals surface area (Å²) in [5, 5.41) is 0. The molecule has 0 heterocycles. The lowest BCUT2D eigenvalue weighted by atomic mass is 10.1. The van der Waals surface area contributed by atoms with Gasteiger partial charge in [0, 0.05) is 0 Å². The standard InChI is InChI=1S/C16H16I2O/c1-9-5-11(3)15(13(17)7-9)19-16-12(4)6-10(2)8-14(16)18/h5-8H,1-4H3. The summed E-state index contributed by atoms with van der Waals surface area (Å²) in [5.41, 5.74) is 4.90. The molecule has 2 aromatic carbocycles. The third-order valence-electron chi connectivity index (χ3n) is 2.95. The van der Waals surface area contributed by atoms with Gasteiger partial charge in [-0.3, -0.25) is 0 Å². The number of ether oxygens (including phenoxy) is 1. The van der Waals surface area contributed by atoms with E-state index in [-0.39, 0.29) is 0 Å². The summed E-state index contributed by atoms with van der Waals surface area (Å²) in [6.45, 7) is 8.42. The van der Waals surface area contributed by atoms with Crippen molar-refractivity contribution in [3.8, 4) is 11.5 Å². The van der Waals surface area contributed by atoms with Crippen molar-refractivity contribution in [3.63, 3.8) is 0 Å². The summed E-state index contributed by atoms with van der Waals surface area (Å²) in [7, 11) is 0. The molecule has 0 saturated heterocycles. The molecule has 0 bridgehead atoms. The first-order valence-corrected chi connectivity index (χ1v) is 8.25. The minimum absolute atomic E-state index is 0.969. The molecule has 0 aliphatic heterocycles. The van der Waals surface area contributed by atoms with E-state index in [1.165, 1.54) is 22.3 Å². The minimum Gasteiger partial charge on any atom is -0.455 e. The van der Waals surface area contributed by atoms with Crippen LogP contribution in [0.3, 0.4) is 0 Å². The van der Waals surface area contributed by atoms with Gasteiger partial charge < -0.3 is 4.74 Å². The van der Waals surface area contributed by atoms with E-state index in [1.54, 1.807) is 0 Å². The zero-order valence-corrected chi connectivity index (χ0v) is 15.8. The molecular formula is C16H16I2O. The first-order chi connectivity index (χ1) is 8.88. The average molecular weight is 478 g/mol. The van der Waals surface area contributed by atoms with Crippen LogP contribution in [0.1, 0.15) is 22.3 Å². The van der Waals surface area contributed by atoms with Crippen LogP contribution >= 0.6 is 45.2 Å². The van der Waals surface area contributed by atoms with Crippen molar-refractivity contribution in [1.29, 1.82) is 0 Å². The van der Waals surface area contributed by atoms with Gasteiger partial charge in [-0.2, -0.15) is 0 Å². The van der Waals surface area contributed by atoms with Crippen LogP contribution in [0.5, 0.6) is 11.5 Å². The van der Waals surface area contributed by atoms with Crippen LogP contribution in [0.25, 0.3) is 0 Å². The lowest BCUT2D eigenvalue weighted by Gasteiger charge is -2.15. The predicted molar refractivity (Wildman–Crippen MR) is 97.3 cm³/mol. The first-order valence-electron chi connectivity index (χ1n) is 6.10. The molecule has 2 rings (SSSR count). The van der Waals surface area contributed by atoms with Gasteiger partial charge in [-0.25, -0.2) is 0 Å². The van der Waals surface area contributed by atoms with Gasteiger partial charge >= 0.3 is 0 Å². The lowest BCUT2D eigenvalue weighted by molar-refractivity contribution is 0.468. The van der Waals surface area contributed by atoms with Gasteiger partial charge in [0.1, 0.15) is 11.5 Å². The van der Waals surface area contributed by atoms with Gasteiger partial charge in [0.2, 0.25) is 0 Å². The molecule has 0 aliphatic carbocycles. The molecule has 0 atom stereocenters. The quantitative estimate of drug-likeness (QED) is 0.487. The van der Waals surface area contributed by atoms with Crippen molar-refractivity contribution in [2.45, 2.75) is 27.7 Å². The molecule has 19 heavy (non-hydrogen) atoms. The Morgan fingerprint density at radius 1 is 0.684 bits per heavy atom. The van der Waals surface area contributed by atoms with Crippen molar-refractivity contribution >= 4 is 45.2 Å². The van der Waals surface area contributed by atoms with Gasteiger partial charge in [0.15, 0.2) is 0 Å². The fourth-order valence-electron chi connectivity index (χ4n) is 2.17. The zero-order chi connectivity index (χ0) is 14.2. The second kappa shape index (κ2) is 5.99. The van der Waals surface area contributed by atoms with Crippen LogP contribution in [0, 0.1) is 34.8 Å². The van der Waals surface area contributed by atoms with Crippen molar-refractivity contribution in [2.24, 2.45) is 0 Å². The summed E-state index contributed by atoms with van der Waals surface area (Å²) < 4.78 is 8.51. The van der Waals surface area contributed by atoms with E-state index >= 15 is 0 Å². The van der Waals surface area contributed by atoms with Gasteiger partial charge in [-0.15, -0.1) is 0 Å². The number of hydrogen-bond acceptors (Lipinski definition) is 1. The van der Waals surface area contributed by atoms with E-state index in [9.17, 15) is 0 Å². The highest BCUT2D eigenvalue weighted by molar-refractivity contribution is 14.1. The van der Waals surface area contributed by atoms with E-state index < -0.39 is 0 Å². The molecule has 0 saturated carbocycles. The van der Waals surface area contributed by atoms with E-state index in [0.717, 1.165) is 18.6 Å². The maximum absolute atomic E-state index is 6.20. The Hall–Kier alpha value is -0.300. The molecule has 0 N–H and O–H groups in total. The molecule has 3 heteroatoms. The third kappa shape index (κ3) is 3.42. The van der Waals surface area contributed by atoms with Gasteiger partial charge in [0.05, 0.1) is 7.14 Å².